The van der Waals surface area contributed by atoms with Gasteiger partial charge in [0.05, 0.1) is 36.1 Å². The SMILES string of the molecule is Cc1cn(-c2ccccc2Cl)nc1C(=O)N1CC(CO)OCC1C. The molecule has 2 unspecified atom stereocenters. The summed E-state index contributed by atoms with van der Waals surface area (Å²) in [6.07, 6.45) is 1.44. The van der Waals surface area contributed by atoms with Gasteiger partial charge in [0.1, 0.15) is 0 Å². The minimum absolute atomic E-state index is 0.0647. The number of carbonyl (C=O) groups is 1. The van der Waals surface area contributed by atoms with Crippen LogP contribution in [-0.4, -0.2) is 57.6 Å². The molecule has 128 valence electrons. The Hall–Kier alpha value is -1.89. The summed E-state index contributed by atoms with van der Waals surface area (Å²) in [5, 5.41) is 14.3. The van der Waals surface area contributed by atoms with Crippen LogP contribution in [-0.2, 0) is 4.74 Å². The minimum atomic E-state index is -0.351. The lowest BCUT2D eigenvalue weighted by Gasteiger charge is -2.37. The van der Waals surface area contributed by atoms with Crippen molar-refractivity contribution < 1.29 is 14.6 Å². The fourth-order valence-electron chi connectivity index (χ4n) is 2.78. The molecule has 1 amide bonds. The normalized spacial score (nSPS) is 21.1. The third-order valence-corrected chi connectivity index (χ3v) is 4.49. The molecule has 3 rings (SSSR count). The average molecular weight is 350 g/mol. The number of nitrogens with zero attached hydrogens (tertiary/aromatic N) is 3. The second-order valence-electron chi connectivity index (χ2n) is 6.00. The second-order valence-corrected chi connectivity index (χ2v) is 6.41. The Kier molecular flexibility index (Phi) is 4.89. The van der Waals surface area contributed by atoms with Crippen LogP contribution in [0.3, 0.4) is 0 Å². The fourth-order valence-corrected chi connectivity index (χ4v) is 3.00. The van der Waals surface area contributed by atoms with Gasteiger partial charge in [-0.3, -0.25) is 4.79 Å². The number of aliphatic hydroxyl groups excluding tert-OH is 1. The molecule has 2 heterocycles. The van der Waals surface area contributed by atoms with Crippen molar-refractivity contribution in [3.05, 3.63) is 46.7 Å². The van der Waals surface area contributed by atoms with Crippen LogP contribution >= 0.6 is 11.6 Å². The minimum Gasteiger partial charge on any atom is -0.394 e. The van der Waals surface area contributed by atoms with Gasteiger partial charge in [0.25, 0.3) is 5.91 Å². The molecular weight excluding hydrogens is 330 g/mol. The molecule has 1 aliphatic heterocycles. The van der Waals surface area contributed by atoms with E-state index in [9.17, 15) is 9.90 Å². The predicted octanol–water partition coefficient (Wildman–Crippen LogP) is 2.06. The topological polar surface area (TPSA) is 67.6 Å². The van der Waals surface area contributed by atoms with Crippen LogP contribution < -0.4 is 0 Å². The van der Waals surface area contributed by atoms with E-state index in [4.69, 9.17) is 16.3 Å². The molecule has 1 N–H and O–H groups in total. The summed E-state index contributed by atoms with van der Waals surface area (Å²) in [4.78, 5) is 14.6. The van der Waals surface area contributed by atoms with Gasteiger partial charge in [0, 0.05) is 18.3 Å². The zero-order chi connectivity index (χ0) is 17.3. The molecule has 6 nitrogen and oxygen atoms in total. The second kappa shape index (κ2) is 6.93. The van der Waals surface area contributed by atoms with Crippen LogP contribution in [0, 0.1) is 6.92 Å². The molecule has 2 aromatic rings. The van der Waals surface area contributed by atoms with Gasteiger partial charge in [-0.2, -0.15) is 5.10 Å². The molecule has 1 aliphatic rings. The van der Waals surface area contributed by atoms with E-state index in [2.05, 4.69) is 5.10 Å². The molecule has 0 saturated carbocycles. The van der Waals surface area contributed by atoms with E-state index in [-0.39, 0.29) is 24.7 Å². The van der Waals surface area contributed by atoms with E-state index < -0.39 is 0 Å². The Labute approximate surface area is 145 Å². The van der Waals surface area contributed by atoms with E-state index in [1.807, 2.05) is 32.0 Å². The zero-order valence-electron chi connectivity index (χ0n) is 13.6. The first-order chi connectivity index (χ1) is 11.5. The molecule has 0 spiro atoms. The fraction of sp³-hybridized carbons (Fsp3) is 0.412. The predicted molar refractivity (Wildman–Crippen MR) is 90.6 cm³/mol. The number of aliphatic hydroxyl groups is 1. The van der Waals surface area contributed by atoms with Crippen LogP contribution in [0.4, 0.5) is 0 Å². The number of halogens is 1. The first-order valence-corrected chi connectivity index (χ1v) is 8.23. The van der Waals surface area contributed by atoms with Crippen LogP contribution in [0.1, 0.15) is 23.0 Å². The number of hydrogen-bond acceptors (Lipinski definition) is 4. The summed E-state index contributed by atoms with van der Waals surface area (Å²) in [5.74, 6) is -0.160. The zero-order valence-corrected chi connectivity index (χ0v) is 14.4. The van der Waals surface area contributed by atoms with Crippen molar-refractivity contribution in [1.29, 1.82) is 0 Å². The Morgan fingerprint density at radius 3 is 2.92 bits per heavy atom. The van der Waals surface area contributed by atoms with E-state index in [1.54, 1.807) is 21.8 Å². The summed E-state index contributed by atoms with van der Waals surface area (Å²) < 4.78 is 7.11. The van der Waals surface area contributed by atoms with E-state index >= 15 is 0 Å². The first kappa shape index (κ1) is 17.0. The number of ether oxygens (including phenoxy) is 1. The monoisotopic (exact) mass is 349 g/mol. The highest BCUT2D eigenvalue weighted by Gasteiger charge is 2.32. The van der Waals surface area contributed by atoms with Crippen LogP contribution in [0.25, 0.3) is 5.69 Å². The lowest BCUT2D eigenvalue weighted by Crippen LogP contribution is -2.52. The van der Waals surface area contributed by atoms with Gasteiger partial charge < -0.3 is 14.7 Å². The van der Waals surface area contributed by atoms with Gasteiger partial charge in [-0.1, -0.05) is 23.7 Å². The molecule has 1 aromatic heterocycles. The Bertz CT molecular complexity index is 746. The molecule has 0 bridgehead atoms. The van der Waals surface area contributed by atoms with Gasteiger partial charge in [-0.15, -0.1) is 0 Å². The standard InChI is InChI=1S/C17H20ClN3O3/c1-11-7-21(15-6-4-3-5-14(15)18)19-16(11)17(23)20-8-13(9-22)24-10-12(20)2/h3-7,12-13,22H,8-10H2,1-2H3. The van der Waals surface area contributed by atoms with Crippen molar-refractivity contribution >= 4 is 17.5 Å². The summed E-state index contributed by atoms with van der Waals surface area (Å²) in [6, 6.07) is 7.28. The van der Waals surface area contributed by atoms with Crippen LogP contribution in [0.5, 0.6) is 0 Å². The first-order valence-electron chi connectivity index (χ1n) is 7.86. The smallest absolute Gasteiger partial charge is 0.275 e. The van der Waals surface area contributed by atoms with Crippen molar-refractivity contribution in [3.8, 4) is 5.69 Å². The van der Waals surface area contributed by atoms with Crippen LogP contribution in [0.15, 0.2) is 30.5 Å². The Morgan fingerprint density at radius 1 is 1.46 bits per heavy atom. The number of morpholine rings is 1. The summed E-state index contributed by atoms with van der Waals surface area (Å²) >= 11 is 6.21. The molecule has 2 atom stereocenters. The van der Waals surface area contributed by atoms with E-state index in [0.29, 0.717) is 23.9 Å². The van der Waals surface area contributed by atoms with Crippen molar-refractivity contribution in [3.63, 3.8) is 0 Å². The molecule has 0 radical (unpaired) electrons. The Morgan fingerprint density at radius 2 is 2.21 bits per heavy atom. The summed E-state index contributed by atoms with van der Waals surface area (Å²) in [7, 11) is 0. The summed E-state index contributed by atoms with van der Waals surface area (Å²) in [6.45, 7) is 4.42. The van der Waals surface area contributed by atoms with Crippen molar-refractivity contribution in [2.24, 2.45) is 0 Å². The lowest BCUT2D eigenvalue weighted by atomic mass is 10.1. The number of benzene rings is 1. The maximum atomic E-state index is 12.9. The number of rotatable bonds is 3. The number of para-hydroxylation sites is 1. The van der Waals surface area contributed by atoms with Crippen LogP contribution in [0.2, 0.25) is 5.02 Å². The number of aromatic nitrogens is 2. The number of hydrogen-bond donors (Lipinski definition) is 1. The maximum absolute atomic E-state index is 12.9. The van der Waals surface area contributed by atoms with Gasteiger partial charge in [0.15, 0.2) is 5.69 Å². The number of aryl methyl sites for hydroxylation is 1. The van der Waals surface area contributed by atoms with E-state index in [1.165, 1.54) is 0 Å². The molecule has 7 heteroatoms. The highest BCUT2D eigenvalue weighted by molar-refractivity contribution is 6.32. The third kappa shape index (κ3) is 3.17. The molecule has 0 aliphatic carbocycles. The highest BCUT2D eigenvalue weighted by atomic mass is 35.5. The lowest BCUT2D eigenvalue weighted by molar-refractivity contribution is -0.0669. The molecule has 24 heavy (non-hydrogen) atoms. The largest absolute Gasteiger partial charge is 0.394 e. The van der Waals surface area contributed by atoms with Gasteiger partial charge in [0.2, 0.25) is 0 Å². The average Bonchev–Trinajstić information content (AvgIpc) is 2.96. The molecule has 1 saturated heterocycles. The maximum Gasteiger partial charge on any atom is 0.275 e. The van der Waals surface area contributed by atoms with Gasteiger partial charge >= 0.3 is 0 Å². The van der Waals surface area contributed by atoms with E-state index in [0.717, 1.165) is 11.3 Å². The number of amides is 1. The van der Waals surface area contributed by atoms with Crippen molar-refractivity contribution in [2.75, 3.05) is 19.8 Å². The third-order valence-electron chi connectivity index (χ3n) is 4.17. The molecular formula is C17H20ClN3O3. The quantitative estimate of drug-likeness (QED) is 0.921. The molecule has 1 fully saturated rings. The van der Waals surface area contributed by atoms with Gasteiger partial charge in [-0.05, 0) is 26.0 Å². The molecule has 1 aromatic carbocycles. The van der Waals surface area contributed by atoms with Crippen molar-refractivity contribution in [2.45, 2.75) is 26.0 Å². The van der Waals surface area contributed by atoms with Gasteiger partial charge in [-0.25, -0.2) is 4.68 Å². The number of carbonyl (C=O) groups excluding carboxylic acids is 1. The summed E-state index contributed by atoms with van der Waals surface area (Å²) in [5.41, 5.74) is 1.89. The van der Waals surface area contributed by atoms with Crippen molar-refractivity contribution in [1.82, 2.24) is 14.7 Å². The Balaban J connectivity index is 1.89. The highest BCUT2D eigenvalue weighted by Crippen LogP contribution is 2.22.